The molecule has 0 saturated heterocycles. The molecule has 3 N–H and O–H groups in total. The van der Waals surface area contributed by atoms with Gasteiger partial charge in [-0.05, 0) is 68.7 Å². The second kappa shape index (κ2) is 14.9. The van der Waals surface area contributed by atoms with E-state index in [1.807, 2.05) is 39.0 Å². The van der Waals surface area contributed by atoms with Gasteiger partial charge in [-0.25, -0.2) is 0 Å². The molecule has 2 aromatic rings. The summed E-state index contributed by atoms with van der Waals surface area (Å²) in [4.78, 5) is 17.0. The van der Waals surface area contributed by atoms with Crippen LogP contribution in [0.25, 0.3) is 0 Å². The minimum absolute atomic E-state index is 0.0661. The molecule has 1 aliphatic rings. The van der Waals surface area contributed by atoms with Crippen molar-refractivity contribution in [3.05, 3.63) is 88.4 Å². The Kier molecular flexibility index (Phi) is 12.0. The zero-order valence-corrected chi connectivity index (χ0v) is 22.5. The van der Waals surface area contributed by atoms with Crippen LogP contribution in [0.3, 0.4) is 0 Å². The van der Waals surface area contributed by atoms with Crippen LogP contribution in [-0.4, -0.2) is 23.4 Å². The number of hydrogen-bond acceptors (Lipinski definition) is 6. The minimum Gasteiger partial charge on any atom is -0.458 e. The van der Waals surface area contributed by atoms with E-state index < -0.39 is 0 Å². The fourth-order valence-corrected chi connectivity index (χ4v) is 4.32. The molecule has 188 valence electrons. The van der Waals surface area contributed by atoms with Crippen molar-refractivity contribution in [2.24, 2.45) is 0 Å². The van der Waals surface area contributed by atoms with Crippen molar-refractivity contribution >= 4 is 23.4 Å². The van der Waals surface area contributed by atoms with Gasteiger partial charge in [0.1, 0.15) is 22.7 Å². The lowest BCUT2D eigenvalue weighted by Crippen LogP contribution is -2.27. The smallest absolute Gasteiger partial charge is 0.269 e. The van der Waals surface area contributed by atoms with Crippen LogP contribution in [0.4, 0.5) is 5.69 Å². The Morgan fingerprint density at radius 2 is 1.97 bits per heavy atom. The molecule has 3 rings (SSSR count). The summed E-state index contributed by atoms with van der Waals surface area (Å²) in [7, 11) is 1.58. The molecule has 0 bridgehead atoms. The molecule has 1 atom stereocenters. The number of benzene rings is 1. The fraction of sp³-hybridized carbons (Fsp3) is 0.357. The number of unbranched alkanes of at least 4 members (excludes halogenated alkanes) is 1. The SMILES string of the molecule is C/C=C(\C=C/C1=C(C)NC(Nc2ccc(CCCC)cc2)S1)Oc1ccnc(C(=O)NC)c1.CC. The van der Waals surface area contributed by atoms with E-state index in [4.69, 9.17) is 4.74 Å². The third-order valence-electron chi connectivity index (χ3n) is 5.14. The van der Waals surface area contributed by atoms with Gasteiger partial charge < -0.3 is 20.7 Å². The summed E-state index contributed by atoms with van der Waals surface area (Å²) in [5.74, 6) is 0.997. The number of thioether (sulfide) groups is 1. The summed E-state index contributed by atoms with van der Waals surface area (Å²) in [6.07, 6.45) is 11.0. The highest BCUT2D eigenvalue weighted by atomic mass is 32.2. The first-order chi connectivity index (χ1) is 17.0. The molecule has 1 aromatic carbocycles. The van der Waals surface area contributed by atoms with Crippen LogP contribution < -0.4 is 20.7 Å². The Bertz CT molecular complexity index is 1050. The Morgan fingerprint density at radius 3 is 2.63 bits per heavy atom. The molecule has 35 heavy (non-hydrogen) atoms. The highest BCUT2D eigenvalue weighted by Gasteiger charge is 2.20. The lowest BCUT2D eigenvalue weighted by atomic mass is 10.1. The van der Waals surface area contributed by atoms with E-state index in [-0.39, 0.29) is 11.4 Å². The number of hydrogen-bond donors (Lipinski definition) is 3. The first kappa shape index (κ1) is 28.1. The number of ether oxygens (including phenoxy) is 1. The van der Waals surface area contributed by atoms with Gasteiger partial charge in [-0.2, -0.15) is 0 Å². The number of aryl methyl sites for hydroxylation is 1. The van der Waals surface area contributed by atoms with Crippen LogP contribution in [-0.2, 0) is 6.42 Å². The van der Waals surface area contributed by atoms with E-state index in [0.29, 0.717) is 17.2 Å². The molecule has 1 aromatic heterocycles. The maximum absolute atomic E-state index is 11.8. The number of nitrogens with one attached hydrogen (secondary N) is 3. The second-order valence-corrected chi connectivity index (χ2v) is 8.81. The first-order valence-electron chi connectivity index (χ1n) is 12.2. The molecule has 1 unspecified atom stereocenters. The zero-order valence-electron chi connectivity index (χ0n) is 21.6. The van der Waals surface area contributed by atoms with Crippen LogP contribution in [0.1, 0.15) is 63.5 Å². The third kappa shape index (κ3) is 8.83. The summed E-state index contributed by atoms with van der Waals surface area (Å²) in [5.41, 5.74) is 3.96. The first-order valence-corrected chi connectivity index (χ1v) is 13.1. The molecular formula is C28H38N4O2S. The topological polar surface area (TPSA) is 75.3 Å². The van der Waals surface area contributed by atoms with E-state index in [1.165, 1.54) is 18.4 Å². The fourth-order valence-electron chi connectivity index (χ4n) is 3.25. The number of aromatic nitrogens is 1. The number of nitrogens with zero attached hydrogens (tertiary/aromatic N) is 1. The number of carbonyl (C=O) groups is 1. The number of pyridine rings is 1. The average molecular weight is 495 g/mol. The molecule has 0 spiro atoms. The largest absolute Gasteiger partial charge is 0.458 e. The van der Waals surface area contributed by atoms with Gasteiger partial charge in [0.05, 0.1) is 0 Å². The summed E-state index contributed by atoms with van der Waals surface area (Å²) < 4.78 is 5.94. The lowest BCUT2D eigenvalue weighted by Gasteiger charge is -2.15. The summed E-state index contributed by atoms with van der Waals surface area (Å²) >= 11 is 1.72. The quantitative estimate of drug-likeness (QED) is 0.255. The minimum atomic E-state index is -0.249. The predicted molar refractivity (Wildman–Crippen MR) is 148 cm³/mol. The highest BCUT2D eigenvalue weighted by molar-refractivity contribution is 8.04. The monoisotopic (exact) mass is 494 g/mol. The van der Waals surface area contributed by atoms with E-state index in [2.05, 4.69) is 59.0 Å². The van der Waals surface area contributed by atoms with Crippen LogP contribution in [0.2, 0.25) is 0 Å². The molecular weight excluding hydrogens is 456 g/mol. The van der Waals surface area contributed by atoms with Crippen molar-refractivity contribution in [1.29, 1.82) is 0 Å². The predicted octanol–water partition coefficient (Wildman–Crippen LogP) is 6.61. The Hall–Kier alpha value is -3.19. The summed E-state index contributed by atoms with van der Waals surface area (Å²) in [6.45, 7) is 10.2. The van der Waals surface area contributed by atoms with Crippen molar-refractivity contribution in [1.82, 2.24) is 15.6 Å². The molecule has 2 heterocycles. The van der Waals surface area contributed by atoms with Gasteiger partial charge in [0, 0.05) is 35.6 Å². The third-order valence-corrected chi connectivity index (χ3v) is 6.31. The van der Waals surface area contributed by atoms with Crippen LogP contribution in [0.15, 0.2) is 77.2 Å². The highest BCUT2D eigenvalue weighted by Crippen LogP contribution is 2.32. The normalized spacial score (nSPS) is 15.4. The molecule has 0 radical (unpaired) electrons. The Labute approximate surface area is 214 Å². The van der Waals surface area contributed by atoms with E-state index in [1.54, 1.807) is 37.1 Å². The molecule has 6 nitrogen and oxygen atoms in total. The van der Waals surface area contributed by atoms with Crippen molar-refractivity contribution in [3.8, 4) is 5.75 Å². The number of rotatable bonds is 10. The number of amides is 1. The molecule has 0 fully saturated rings. The molecule has 7 heteroatoms. The van der Waals surface area contributed by atoms with Crippen LogP contribution >= 0.6 is 11.8 Å². The van der Waals surface area contributed by atoms with Gasteiger partial charge in [-0.15, -0.1) is 0 Å². The number of carbonyl (C=O) groups excluding carboxylic acids is 1. The lowest BCUT2D eigenvalue weighted by molar-refractivity contribution is 0.0958. The Balaban J connectivity index is 0.00000210. The van der Waals surface area contributed by atoms with Crippen molar-refractivity contribution in [2.75, 3.05) is 12.4 Å². The molecule has 0 saturated carbocycles. The van der Waals surface area contributed by atoms with E-state index in [0.717, 1.165) is 22.7 Å². The van der Waals surface area contributed by atoms with E-state index >= 15 is 0 Å². The van der Waals surface area contributed by atoms with Crippen molar-refractivity contribution in [3.63, 3.8) is 0 Å². The molecule has 1 aliphatic heterocycles. The van der Waals surface area contributed by atoms with Gasteiger partial charge >= 0.3 is 0 Å². The molecule has 0 aliphatic carbocycles. The number of anilines is 1. The van der Waals surface area contributed by atoms with Gasteiger partial charge in [0.25, 0.3) is 5.91 Å². The van der Waals surface area contributed by atoms with Gasteiger partial charge in [0.15, 0.2) is 0 Å². The maximum atomic E-state index is 11.8. The Morgan fingerprint density at radius 1 is 1.23 bits per heavy atom. The summed E-state index contributed by atoms with van der Waals surface area (Å²) in [6, 6.07) is 12.0. The zero-order chi connectivity index (χ0) is 25.6. The van der Waals surface area contributed by atoms with Gasteiger partial charge in [-0.3, -0.25) is 9.78 Å². The van der Waals surface area contributed by atoms with Crippen LogP contribution in [0.5, 0.6) is 5.75 Å². The van der Waals surface area contributed by atoms with Crippen molar-refractivity contribution in [2.45, 2.75) is 59.4 Å². The maximum Gasteiger partial charge on any atom is 0.269 e. The van der Waals surface area contributed by atoms with Crippen LogP contribution in [0, 0.1) is 0 Å². The second-order valence-electron chi connectivity index (χ2n) is 7.66. The van der Waals surface area contributed by atoms with Gasteiger partial charge in [-0.1, -0.05) is 51.1 Å². The van der Waals surface area contributed by atoms with Gasteiger partial charge in [0.2, 0.25) is 0 Å². The van der Waals surface area contributed by atoms with Crippen molar-refractivity contribution < 1.29 is 9.53 Å². The summed E-state index contributed by atoms with van der Waals surface area (Å²) in [5, 5.41) is 9.59. The van der Waals surface area contributed by atoms with E-state index in [9.17, 15) is 4.79 Å². The number of allylic oxidation sites excluding steroid dienone is 4. The standard InChI is InChI=1S/C26H32N4O2S.C2H6/c1-5-7-8-19-9-11-20(12-10-19)30-26-29-18(3)24(33-26)14-13-21(6-2)32-22-15-16-28-23(17-22)25(31)27-4;1-2/h6,9-17,26,29-30H,5,7-8H2,1-4H3,(H,27,31);1-2H3/b14-13-,21-6+;. The molecule has 1 amide bonds. The average Bonchev–Trinajstić information content (AvgIpc) is 3.25.